The van der Waals surface area contributed by atoms with Crippen LogP contribution >= 0.6 is 0 Å². The molecular formula is C15H20O4. The summed E-state index contributed by atoms with van der Waals surface area (Å²) in [5.41, 5.74) is -1.26. The first-order chi connectivity index (χ1) is 8.80. The summed E-state index contributed by atoms with van der Waals surface area (Å²) < 4.78 is 5.62. The Labute approximate surface area is 112 Å². The molecule has 4 bridgehead atoms. The van der Waals surface area contributed by atoms with E-state index in [2.05, 4.69) is 13.5 Å². The van der Waals surface area contributed by atoms with Crippen molar-refractivity contribution < 1.29 is 19.4 Å². The van der Waals surface area contributed by atoms with Crippen LogP contribution in [0.4, 0.5) is 0 Å². The zero-order valence-corrected chi connectivity index (χ0v) is 11.3. The predicted molar refractivity (Wildman–Crippen MR) is 68.4 cm³/mol. The topological polar surface area (TPSA) is 63.6 Å². The Morgan fingerprint density at radius 2 is 2.00 bits per heavy atom. The van der Waals surface area contributed by atoms with Crippen LogP contribution in [-0.4, -0.2) is 22.6 Å². The average Bonchev–Trinajstić information content (AvgIpc) is 2.24. The molecule has 4 fully saturated rings. The van der Waals surface area contributed by atoms with E-state index in [0.29, 0.717) is 12.3 Å². The lowest BCUT2D eigenvalue weighted by Gasteiger charge is -2.63. The molecule has 4 atom stereocenters. The summed E-state index contributed by atoms with van der Waals surface area (Å²) in [6.45, 7) is 5.58. The number of carbonyl (C=O) groups excluding carboxylic acids is 1. The molecule has 0 heterocycles. The fraction of sp³-hybridized carbons (Fsp3) is 0.733. The van der Waals surface area contributed by atoms with Crippen LogP contribution in [0.5, 0.6) is 0 Å². The molecule has 0 aromatic rings. The summed E-state index contributed by atoms with van der Waals surface area (Å²) in [6, 6.07) is 0. The van der Waals surface area contributed by atoms with Crippen LogP contribution in [0.25, 0.3) is 0 Å². The number of carboxylic acid groups (broad SMARTS) is 1. The smallest absolute Gasteiger partial charge is 0.330 e. The molecule has 0 saturated heterocycles. The van der Waals surface area contributed by atoms with E-state index in [1.807, 2.05) is 0 Å². The molecular weight excluding hydrogens is 244 g/mol. The lowest BCUT2D eigenvalue weighted by Crippen LogP contribution is -2.62. The number of esters is 1. The zero-order chi connectivity index (χ0) is 13.9. The van der Waals surface area contributed by atoms with Crippen LogP contribution in [0.3, 0.4) is 0 Å². The van der Waals surface area contributed by atoms with Gasteiger partial charge in [-0.15, -0.1) is 0 Å². The summed E-state index contributed by atoms with van der Waals surface area (Å²) in [5.74, 6) is -0.775. The van der Waals surface area contributed by atoms with Crippen molar-refractivity contribution in [3.05, 3.63) is 12.7 Å². The van der Waals surface area contributed by atoms with Crippen LogP contribution in [0.2, 0.25) is 0 Å². The summed E-state index contributed by atoms with van der Waals surface area (Å²) in [7, 11) is 0. The van der Waals surface area contributed by atoms with Crippen molar-refractivity contribution in [3.8, 4) is 0 Å². The Bertz CT molecular complexity index is 471. The van der Waals surface area contributed by atoms with E-state index in [-0.39, 0.29) is 5.41 Å². The second kappa shape index (κ2) is 3.62. The third-order valence-electron chi connectivity index (χ3n) is 5.23. The third-order valence-corrected chi connectivity index (χ3v) is 5.23. The second-order valence-electron chi connectivity index (χ2n) is 7.21. The maximum Gasteiger partial charge on any atom is 0.330 e. The molecule has 4 nitrogen and oxygen atoms in total. The van der Waals surface area contributed by atoms with Crippen molar-refractivity contribution in [1.29, 1.82) is 0 Å². The maximum atomic E-state index is 11.7. The molecule has 4 unspecified atom stereocenters. The van der Waals surface area contributed by atoms with Gasteiger partial charge in [0.2, 0.25) is 0 Å². The van der Waals surface area contributed by atoms with E-state index in [9.17, 15) is 14.7 Å². The quantitative estimate of drug-likeness (QED) is 0.628. The van der Waals surface area contributed by atoms with Gasteiger partial charge >= 0.3 is 11.9 Å². The van der Waals surface area contributed by atoms with Gasteiger partial charge in [-0.2, -0.15) is 0 Å². The molecule has 19 heavy (non-hydrogen) atoms. The van der Waals surface area contributed by atoms with Gasteiger partial charge in [0.25, 0.3) is 0 Å². The van der Waals surface area contributed by atoms with Crippen LogP contribution in [0.15, 0.2) is 12.7 Å². The highest BCUT2D eigenvalue weighted by Crippen LogP contribution is 2.67. The van der Waals surface area contributed by atoms with Gasteiger partial charge in [0.15, 0.2) is 0 Å². The number of hydrogen-bond donors (Lipinski definition) is 1. The van der Waals surface area contributed by atoms with Gasteiger partial charge < -0.3 is 9.84 Å². The van der Waals surface area contributed by atoms with Gasteiger partial charge in [-0.05, 0) is 43.4 Å². The Balaban J connectivity index is 1.98. The molecule has 4 rings (SSSR count). The number of ether oxygens (including phenoxy) is 1. The lowest BCUT2D eigenvalue weighted by molar-refractivity contribution is -0.222. The van der Waals surface area contributed by atoms with E-state index in [4.69, 9.17) is 4.74 Å². The molecule has 0 aromatic heterocycles. The van der Waals surface area contributed by atoms with Crippen molar-refractivity contribution in [3.63, 3.8) is 0 Å². The molecule has 4 aliphatic rings. The molecule has 1 N–H and O–H groups in total. The Morgan fingerprint density at radius 1 is 1.26 bits per heavy atom. The van der Waals surface area contributed by atoms with Gasteiger partial charge in [-0.1, -0.05) is 13.5 Å². The normalized spacial score (nSPS) is 46.9. The largest absolute Gasteiger partial charge is 0.481 e. The van der Waals surface area contributed by atoms with E-state index in [0.717, 1.165) is 32.1 Å². The van der Waals surface area contributed by atoms with E-state index >= 15 is 0 Å². The van der Waals surface area contributed by atoms with Gasteiger partial charge in [-0.3, -0.25) is 4.79 Å². The second-order valence-corrected chi connectivity index (χ2v) is 7.21. The Morgan fingerprint density at radius 3 is 2.58 bits per heavy atom. The fourth-order valence-electron chi connectivity index (χ4n) is 5.43. The Kier molecular flexibility index (Phi) is 2.42. The van der Waals surface area contributed by atoms with Crippen molar-refractivity contribution >= 4 is 11.9 Å². The number of carbonyl (C=O) groups is 2. The predicted octanol–water partition coefficient (Wildman–Crippen LogP) is 2.53. The first kappa shape index (κ1) is 12.7. The molecule has 0 amide bonds. The lowest BCUT2D eigenvalue weighted by atomic mass is 9.43. The molecule has 4 heteroatoms. The number of rotatable bonds is 3. The monoisotopic (exact) mass is 264 g/mol. The van der Waals surface area contributed by atoms with Crippen LogP contribution < -0.4 is 0 Å². The third kappa shape index (κ3) is 1.80. The molecule has 0 radical (unpaired) electrons. The van der Waals surface area contributed by atoms with Gasteiger partial charge in [0.1, 0.15) is 5.60 Å². The van der Waals surface area contributed by atoms with Gasteiger partial charge in [0.05, 0.1) is 5.41 Å². The van der Waals surface area contributed by atoms with E-state index in [1.165, 1.54) is 6.08 Å². The molecule has 4 saturated carbocycles. The average molecular weight is 264 g/mol. The first-order valence-corrected chi connectivity index (χ1v) is 6.89. The summed E-state index contributed by atoms with van der Waals surface area (Å²) in [5, 5.41) is 9.64. The SMILES string of the molecule is C=CC(=O)OC12CC3CC(C)(C1)CC(C(=O)O)(C3)C2. The highest BCUT2D eigenvalue weighted by atomic mass is 16.6. The molecule has 4 aliphatic carbocycles. The van der Waals surface area contributed by atoms with Crippen LogP contribution in [0.1, 0.15) is 45.4 Å². The minimum Gasteiger partial charge on any atom is -0.481 e. The van der Waals surface area contributed by atoms with Crippen LogP contribution in [-0.2, 0) is 14.3 Å². The van der Waals surface area contributed by atoms with Crippen molar-refractivity contribution in [1.82, 2.24) is 0 Å². The van der Waals surface area contributed by atoms with E-state index < -0.39 is 23.0 Å². The number of carboxylic acids is 1. The molecule has 0 spiro atoms. The maximum absolute atomic E-state index is 11.7. The fourth-order valence-corrected chi connectivity index (χ4v) is 5.43. The first-order valence-electron chi connectivity index (χ1n) is 6.89. The minimum atomic E-state index is -0.721. The summed E-state index contributed by atoms with van der Waals surface area (Å²) in [6.07, 6.45) is 5.79. The minimum absolute atomic E-state index is 0.000737. The zero-order valence-electron chi connectivity index (χ0n) is 11.3. The standard InChI is InChI=1S/C15H20O4/c1-3-11(16)19-15-6-10-4-13(2,8-15)7-14(5-10,9-15)12(17)18/h3,10H,1,4-9H2,2H3,(H,17,18). The van der Waals surface area contributed by atoms with Gasteiger partial charge in [0, 0.05) is 12.5 Å². The number of hydrogen-bond acceptors (Lipinski definition) is 3. The highest BCUT2D eigenvalue weighted by molar-refractivity contribution is 5.82. The molecule has 0 aromatic carbocycles. The summed E-state index contributed by atoms with van der Waals surface area (Å²) >= 11 is 0. The molecule has 0 aliphatic heterocycles. The highest BCUT2D eigenvalue weighted by Gasteiger charge is 2.66. The number of aliphatic carboxylic acids is 1. The van der Waals surface area contributed by atoms with Crippen molar-refractivity contribution in [2.24, 2.45) is 16.7 Å². The van der Waals surface area contributed by atoms with Crippen molar-refractivity contribution in [2.75, 3.05) is 0 Å². The van der Waals surface area contributed by atoms with E-state index in [1.54, 1.807) is 0 Å². The van der Waals surface area contributed by atoms with Crippen LogP contribution in [0, 0.1) is 16.7 Å². The molecule has 104 valence electrons. The summed E-state index contributed by atoms with van der Waals surface area (Å²) in [4.78, 5) is 23.3. The Hall–Kier alpha value is -1.32. The van der Waals surface area contributed by atoms with Gasteiger partial charge in [-0.25, -0.2) is 4.79 Å². The van der Waals surface area contributed by atoms with Crippen molar-refractivity contribution in [2.45, 2.75) is 51.0 Å².